The molecule has 7 nitrogen and oxygen atoms in total. The van der Waals surface area contributed by atoms with Crippen LogP contribution in [-0.2, 0) is 9.57 Å². The highest BCUT2D eigenvalue weighted by molar-refractivity contribution is 6.48. The van der Waals surface area contributed by atoms with Crippen molar-refractivity contribution < 1.29 is 23.6 Å². The monoisotopic (exact) mass is 402 g/mol. The summed E-state index contributed by atoms with van der Waals surface area (Å²) in [5.74, 6) is -1.37. The molecule has 0 radical (unpaired) electrons. The Kier molecular flexibility index (Phi) is 6.15. The normalized spacial score (nSPS) is 10.0. The summed E-state index contributed by atoms with van der Waals surface area (Å²) in [6, 6.07) is 7.54. The van der Waals surface area contributed by atoms with Crippen LogP contribution in [0.4, 0.5) is 10.5 Å². The molecule has 1 amide bonds. The molecule has 2 aromatic rings. The van der Waals surface area contributed by atoms with Crippen molar-refractivity contribution in [3.8, 4) is 6.07 Å². The Morgan fingerprint density at radius 2 is 1.84 bits per heavy atom. The van der Waals surface area contributed by atoms with Gasteiger partial charge in [-0.05, 0) is 42.8 Å². The van der Waals surface area contributed by atoms with E-state index in [0.717, 1.165) is 0 Å². The zero-order chi connectivity index (χ0) is 18.6. The van der Waals surface area contributed by atoms with Crippen LogP contribution in [0, 0.1) is 11.3 Å². The first kappa shape index (κ1) is 18.9. The summed E-state index contributed by atoms with van der Waals surface area (Å²) < 4.78 is 9.68. The predicted molar refractivity (Wildman–Crippen MR) is 89.8 cm³/mol. The Hall–Kier alpha value is -2.40. The van der Waals surface area contributed by atoms with E-state index in [4.69, 9.17) is 49.3 Å². The van der Waals surface area contributed by atoms with E-state index in [-0.39, 0.29) is 27.6 Å². The molecule has 130 valence electrons. The van der Waals surface area contributed by atoms with Crippen molar-refractivity contribution in [2.24, 2.45) is 0 Å². The highest BCUT2D eigenvalue weighted by atomic mass is 35.5. The molecule has 0 spiro atoms. The minimum atomic E-state index is -1.12. The number of halogens is 3. The molecule has 2 rings (SSSR count). The lowest BCUT2D eigenvalue weighted by Gasteiger charge is -2.19. The summed E-state index contributed by atoms with van der Waals surface area (Å²) in [6.45, 7) is 1.60. The molecule has 0 saturated heterocycles. The molecule has 0 atom stereocenters. The van der Waals surface area contributed by atoms with E-state index in [9.17, 15) is 9.59 Å². The number of ether oxygens (including phenoxy) is 1. The number of rotatable bonds is 3. The van der Waals surface area contributed by atoms with E-state index in [1.807, 2.05) is 6.07 Å². The molecule has 0 bridgehead atoms. The molecule has 0 aliphatic rings. The highest BCUT2D eigenvalue weighted by Crippen LogP contribution is 2.37. The van der Waals surface area contributed by atoms with Gasteiger partial charge in [0.2, 0.25) is 11.0 Å². The maximum Gasteiger partial charge on any atom is 0.533 e. The number of hydrogen-bond acceptors (Lipinski definition) is 6. The first-order chi connectivity index (χ1) is 11.9. The van der Waals surface area contributed by atoms with E-state index in [1.165, 1.54) is 24.3 Å². The Labute approximate surface area is 157 Å². The third-order valence-electron chi connectivity index (χ3n) is 2.79. The zero-order valence-corrected chi connectivity index (χ0v) is 14.9. The van der Waals surface area contributed by atoms with Crippen molar-refractivity contribution in [3.63, 3.8) is 0 Å². The summed E-state index contributed by atoms with van der Waals surface area (Å²) in [4.78, 5) is 29.2. The van der Waals surface area contributed by atoms with E-state index in [2.05, 4.69) is 4.74 Å². The summed E-state index contributed by atoms with van der Waals surface area (Å²) in [6.07, 6.45) is -1.12. The van der Waals surface area contributed by atoms with E-state index in [0.29, 0.717) is 10.6 Å². The van der Waals surface area contributed by atoms with Gasteiger partial charge in [0.15, 0.2) is 0 Å². The number of carbonyl (C=O) groups excluding carboxylic acids is 2. The van der Waals surface area contributed by atoms with Gasteiger partial charge in [-0.1, -0.05) is 23.2 Å². The van der Waals surface area contributed by atoms with Gasteiger partial charge in [0.05, 0.1) is 23.9 Å². The molecule has 0 N–H and O–H groups in total. The van der Waals surface area contributed by atoms with Gasteiger partial charge in [-0.25, -0.2) is 4.79 Å². The van der Waals surface area contributed by atoms with Crippen molar-refractivity contribution in [2.75, 3.05) is 11.7 Å². The molecular formula is C15H9Cl3N2O5. The number of hydroxylamine groups is 1. The lowest BCUT2D eigenvalue weighted by atomic mass is 10.2. The summed E-state index contributed by atoms with van der Waals surface area (Å²) in [7, 11) is 0. The summed E-state index contributed by atoms with van der Waals surface area (Å²) >= 11 is 17.4. The largest absolute Gasteiger partial charge is 0.533 e. The summed E-state index contributed by atoms with van der Waals surface area (Å²) in [5.41, 5.74) is 0.464. The second-order valence-electron chi connectivity index (χ2n) is 4.37. The van der Waals surface area contributed by atoms with Crippen molar-refractivity contribution in [2.45, 2.75) is 6.92 Å². The Morgan fingerprint density at radius 3 is 2.32 bits per heavy atom. The Morgan fingerprint density at radius 1 is 1.20 bits per heavy atom. The number of furan rings is 1. The van der Waals surface area contributed by atoms with Crippen LogP contribution >= 0.6 is 34.8 Å². The Balaban J connectivity index is 2.42. The number of amides is 1. The fourth-order valence-electron chi connectivity index (χ4n) is 1.70. The van der Waals surface area contributed by atoms with Crippen molar-refractivity contribution >= 4 is 52.6 Å². The van der Waals surface area contributed by atoms with Crippen molar-refractivity contribution in [1.29, 1.82) is 5.26 Å². The van der Waals surface area contributed by atoms with Gasteiger partial charge in [0, 0.05) is 0 Å². The van der Waals surface area contributed by atoms with Crippen LogP contribution in [0.1, 0.15) is 23.0 Å². The van der Waals surface area contributed by atoms with Crippen molar-refractivity contribution in [1.82, 2.24) is 0 Å². The van der Waals surface area contributed by atoms with Crippen LogP contribution in [0.25, 0.3) is 0 Å². The number of hydrogen-bond donors (Lipinski definition) is 0. The number of nitrogens with zero attached hydrogens (tertiary/aromatic N) is 2. The summed E-state index contributed by atoms with van der Waals surface area (Å²) in [5, 5.41) is 8.77. The second-order valence-corrected chi connectivity index (χ2v) is 5.46. The minimum Gasteiger partial charge on any atom is -0.436 e. The fourth-order valence-corrected chi connectivity index (χ4v) is 2.25. The highest BCUT2D eigenvalue weighted by Gasteiger charge is 2.30. The maximum absolute atomic E-state index is 12.7. The van der Waals surface area contributed by atoms with E-state index >= 15 is 0 Å². The quantitative estimate of drug-likeness (QED) is 0.537. The number of anilines is 1. The standard InChI is InChI=1S/C15H9Cl3N2O5/c1-2-23-15(22)25-20(9-5-3-8(7-19)4-6-9)14(21)12-10(16)11(17)13(18)24-12/h3-6H,2H2,1H3. The topological polar surface area (TPSA) is 92.8 Å². The molecule has 0 aliphatic heterocycles. The minimum absolute atomic E-state index is 0.0351. The average Bonchev–Trinajstić information content (AvgIpc) is 2.87. The molecule has 0 fully saturated rings. The number of benzene rings is 1. The smallest absolute Gasteiger partial charge is 0.436 e. The van der Waals surface area contributed by atoms with Gasteiger partial charge in [0.25, 0.3) is 0 Å². The lowest BCUT2D eigenvalue weighted by Crippen LogP contribution is -2.34. The number of carbonyl (C=O) groups is 2. The molecule has 10 heteroatoms. The molecule has 0 aliphatic carbocycles. The predicted octanol–water partition coefficient (Wildman–Crippen LogP) is 4.85. The second kappa shape index (κ2) is 8.12. The molecule has 1 aromatic heterocycles. The van der Waals surface area contributed by atoms with E-state index < -0.39 is 17.8 Å². The lowest BCUT2D eigenvalue weighted by molar-refractivity contribution is 0.0414. The third-order valence-corrected chi connectivity index (χ3v) is 3.97. The van der Waals surface area contributed by atoms with Gasteiger partial charge >= 0.3 is 12.1 Å². The molecule has 0 saturated carbocycles. The van der Waals surface area contributed by atoms with Gasteiger partial charge in [-0.15, -0.1) is 5.06 Å². The maximum atomic E-state index is 12.7. The molecular weight excluding hydrogens is 395 g/mol. The molecule has 1 heterocycles. The van der Waals surface area contributed by atoms with Crippen LogP contribution in [-0.4, -0.2) is 18.7 Å². The van der Waals surface area contributed by atoms with Gasteiger partial charge in [-0.2, -0.15) is 5.26 Å². The van der Waals surface area contributed by atoms with Gasteiger partial charge < -0.3 is 9.15 Å². The first-order valence-corrected chi connectivity index (χ1v) is 7.85. The van der Waals surface area contributed by atoms with Gasteiger partial charge in [-0.3, -0.25) is 9.63 Å². The van der Waals surface area contributed by atoms with Crippen LogP contribution in [0.3, 0.4) is 0 Å². The average molecular weight is 404 g/mol. The molecule has 1 aromatic carbocycles. The van der Waals surface area contributed by atoms with E-state index in [1.54, 1.807) is 6.92 Å². The number of nitriles is 1. The van der Waals surface area contributed by atoms with Crippen LogP contribution in [0.5, 0.6) is 0 Å². The SMILES string of the molecule is CCOC(=O)ON(C(=O)c1oc(Cl)c(Cl)c1Cl)c1ccc(C#N)cc1. The molecule has 25 heavy (non-hydrogen) atoms. The third kappa shape index (κ3) is 4.17. The van der Waals surface area contributed by atoms with Crippen LogP contribution in [0.2, 0.25) is 15.3 Å². The fraction of sp³-hybridized carbons (Fsp3) is 0.133. The van der Waals surface area contributed by atoms with Crippen molar-refractivity contribution in [3.05, 3.63) is 50.9 Å². The zero-order valence-electron chi connectivity index (χ0n) is 12.6. The molecule has 0 unspecified atom stereocenters. The van der Waals surface area contributed by atoms with Gasteiger partial charge in [0.1, 0.15) is 10.0 Å². The van der Waals surface area contributed by atoms with Crippen LogP contribution < -0.4 is 5.06 Å². The Bertz CT molecular complexity index is 842. The first-order valence-electron chi connectivity index (χ1n) is 6.71. The van der Waals surface area contributed by atoms with Crippen LogP contribution in [0.15, 0.2) is 28.7 Å².